The summed E-state index contributed by atoms with van der Waals surface area (Å²) < 4.78 is 4.62. The molecule has 1 amide bonds. The van der Waals surface area contributed by atoms with Crippen molar-refractivity contribution in [1.82, 2.24) is 5.32 Å². The number of benzene rings is 1. The fraction of sp³-hybridized carbons (Fsp3) is 0.529. The first kappa shape index (κ1) is 17.2. The van der Waals surface area contributed by atoms with E-state index in [1.165, 1.54) is 18.2 Å². The van der Waals surface area contributed by atoms with E-state index in [2.05, 4.69) is 34.3 Å². The number of nitrogens with one attached hydrogen (secondary N) is 1. The second-order valence-electron chi connectivity index (χ2n) is 5.19. The fourth-order valence-corrected chi connectivity index (χ4v) is 2.13. The Morgan fingerprint density at radius 3 is 2.10 bits per heavy atom. The zero-order valence-corrected chi connectivity index (χ0v) is 13.0. The molecule has 116 valence electrons. The first-order valence-corrected chi connectivity index (χ1v) is 7.51. The molecule has 4 heteroatoms. The Kier molecular flexibility index (Phi) is 8.17. The van der Waals surface area contributed by atoms with Crippen molar-refractivity contribution in [3.63, 3.8) is 0 Å². The molecule has 0 atom stereocenters. The second-order valence-corrected chi connectivity index (χ2v) is 5.19. The van der Waals surface area contributed by atoms with Gasteiger partial charge in [-0.3, -0.25) is 9.59 Å². The van der Waals surface area contributed by atoms with E-state index in [1.54, 1.807) is 6.92 Å². The molecule has 1 rings (SSSR count). The first-order chi connectivity index (χ1) is 10.1. The lowest BCUT2D eigenvalue weighted by Gasteiger charge is -2.05. The molecule has 0 aliphatic heterocycles. The molecular weight excluding hydrogens is 266 g/mol. The number of amides is 1. The maximum Gasteiger partial charge on any atom is 0.305 e. The highest BCUT2D eigenvalue weighted by atomic mass is 16.5. The summed E-state index contributed by atoms with van der Waals surface area (Å²) in [6.07, 6.45) is 5.30. The zero-order valence-electron chi connectivity index (χ0n) is 13.0. The largest absolute Gasteiger partial charge is 0.469 e. The number of rotatable bonds is 9. The lowest BCUT2D eigenvalue weighted by Crippen LogP contribution is -2.20. The Labute approximate surface area is 126 Å². The predicted octanol–water partition coefficient (Wildman–Crippen LogP) is 2.64. The number of carbonyl (C=O) groups excluding carboxylic acids is 2. The zero-order chi connectivity index (χ0) is 15.5. The highest BCUT2D eigenvalue weighted by Gasteiger charge is 2.01. The number of hydrogen-bond acceptors (Lipinski definition) is 3. The molecule has 0 spiro atoms. The number of esters is 1. The first-order valence-electron chi connectivity index (χ1n) is 7.51. The smallest absolute Gasteiger partial charge is 0.305 e. The topological polar surface area (TPSA) is 55.4 Å². The van der Waals surface area contributed by atoms with Crippen LogP contribution in [-0.2, 0) is 27.2 Å². The molecule has 0 saturated heterocycles. The lowest BCUT2D eigenvalue weighted by atomic mass is 10.0. The van der Waals surface area contributed by atoms with E-state index in [0.29, 0.717) is 6.42 Å². The van der Waals surface area contributed by atoms with E-state index >= 15 is 0 Å². The summed E-state index contributed by atoms with van der Waals surface area (Å²) in [5.74, 6) is -0.114. The van der Waals surface area contributed by atoms with E-state index in [0.717, 1.165) is 38.6 Å². The van der Waals surface area contributed by atoms with Gasteiger partial charge in [0.15, 0.2) is 0 Å². The van der Waals surface area contributed by atoms with Gasteiger partial charge in [-0.15, -0.1) is 0 Å². The van der Waals surface area contributed by atoms with Gasteiger partial charge in [-0.1, -0.05) is 24.3 Å². The highest BCUT2D eigenvalue weighted by Crippen LogP contribution is 2.10. The Morgan fingerprint density at radius 2 is 1.57 bits per heavy atom. The molecule has 0 radical (unpaired) electrons. The number of hydrogen-bond donors (Lipinski definition) is 1. The van der Waals surface area contributed by atoms with Crippen molar-refractivity contribution in [2.45, 2.75) is 45.4 Å². The lowest BCUT2D eigenvalue weighted by molar-refractivity contribution is -0.140. The predicted molar refractivity (Wildman–Crippen MR) is 83.0 cm³/mol. The number of methoxy groups -OCH3 is 1. The maximum absolute atomic E-state index is 11.0. The second kappa shape index (κ2) is 9.97. The van der Waals surface area contributed by atoms with Crippen LogP contribution >= 0.6 is 0 Å². The summed E-state index contributed by atoms with van der Waals surface area (Å²) in [6, 6.07) is 8.54. The van der Waals surface area contributed by atoms with Crippen molar-refractivity contribution in [3.8, 4) is 0 Å². The molecule has 1 aromatic carbocycles. The van der Waals surface area contributed by atoms with Crippen molar-refractivity contribution in [1.29, 1.82) is 0 Å². The molecule has 0 aliphatic carbocycles. The molecule has 0 saturated carbocycles. The van der Waals surface area contributed by atoms with Crippen LogP contribution in [0.5, 0.6) is 0 Å². The van der Waals surface area contributed by atoms with E-state index in [9.17, 15) is 9.59 Å². The molecule has 0 aromatic heterocycles. The summed E-state index contributed by atoms with van der Waals surface area (Å²) in [4.78, 5) is 21.7. The Balaban J connectivity index is 2.20. The van der Waals surface area contributed by atoms with Crippen LogP contribution in [0.15, 0.2) is 24.3 Å². The SMILES string of the molecule is COC(=O)CCCc1ccc(CCCCNC(C)=O)cc1. The highest BCUT2D eigenvalue weighted by molar-refractivity contribution is 5.72. The third kappa shape index (κ3) is 8.12. The van der Waals surface area contributed by atoms with E-state index < -0.39 is 0 Å². The van der Waals surface area contributed by atoms with Gasteiger partial charge in [0.05, 0.1) is 7.11 Å². The van der Waals surface area contributed by atoms with Crippen LogP contribution in [0.4, 0.5) is 0 Å². The van der Waals surface area contributed by atoms with Gasteiger partial charge in [0, 0.05) is 19.9 Å². The Bertz CT molecular complexity index is 440. The van der Waals surface area contributed by atoms with Crippen LogP contribution in [0.2, 0.25) is 0 Å². The van der Waals surface area contributed by atoms with E-state index in [1.807, 2.05) is 0 Å². The van der Waals surface area contributed by atoms with Gasteiger partial charge >= 0.3 is 5.97 Å². The molecule has 0 heterocycles. The fourth-order valence-electron chi connectivity index (χ4n) is 2.13. The summed E-state index contributed by atoms with van der Waals surface area (Å²) in [7, 11) is 1.42. The van der Waals surface area contributed by atoms with Crippen molar-refractivity contribution < 1.29 is 14.3 Å². The van der Waals surface area contributed by atoms with Gasteiger partial charge in [-0.05, 0) is 43.2 Å². The number of carbonyl (C=O) groups is 2. The number of unbranched alkanes of at least 4 members (excludes halogenated alkanes) is 1. The van der Waals surface area contributed by atoms with Crippen molar-refractivity contribution >= 4 is 11.9 Å². The van der Waals surface area contributed by atoms with Gasteiger partial charge in [0.2, 0.25) is 5.91 Å². The summed E-state index contributed by atoms with van der Waals surface area (Å²) >= 11 is 0. The van der Waals surface area contributed by atoms with Crippen molar-refractivity contribution in [2.75, 3.05) is 13.7 Å². The summed E-state index contributed by atoms with van der Waals surface area (Å²) in [5.41, 5.74) is 2.57. The molecule has 0 unspecified atom stereocenters. The van der Waals surface area contributed by atoms with Gasteiger partial charge in [0.1, 0.15) is 0 Å². The minimum atomic E-state index is -0.147. The van der Waals surface area contributed by atoms with Gasteiger partial charge in [-0.2, -0.15) is 0 Å². The quantitative estimate of drug-likeness (QED) is 0.562. The average Bonchev–Trinajstić information content (AvgIpc) is 2.48. The third-order valence-electron chi connectivity index (χ3n) is 3.36. The number of ether oxygens (including phenoxy) is 1. The van der Waals surface area contributed by atoms with Crippen LogP contribution in [0, 0.1) is 0 Å². The van der Waals surface area contributed by atoms with Crippen molar-refractivity contribution in [2.24, 2.45) is 0 Å². The normalized spacial score (nSPS) is 10.2. The monoisotopic (exact) mass is 291 g/mol. The molecule has 4 nitrogen and oxygen atoms in total. The Morgan fingerprint density at radius 1 is 1.00 bits per heavy atom. The molecule has 0 bridgehead atoms. The standard InChI is InChI=1S/C17H25NO3/c1-14(19)18-13-4-3-6-15-9-11-16(12-10-15)7-5-8-17(20)21-2/h9-12H,3-8,13H2,1-2H3,(H,18,19). The van der Waals surface area contributed by atoms with E-state index in [4.69, 9.17) is 0 Å². The minimum absolute atomic E-state index is 0.0336. The van der Waals surface area contributed by atoms with Crippen LogP contribution in [0.25, 0.3) is 0 Å². The molecule has 0 fully saturated rings. The van der Waals surface area contributed by atoms with Gasteiger partial charge in [-0.25, -0.2) is 0 Å². The van der Waals surface area contributed by atoms with E-state index in [-0.39, 0.29) is 11.9 Å². The minimum Gasteiger partial charge on any atom is -0.469 e. The summed E-state index contributed by atoms with van der Waals surface area (Å²) in [5, 5.41) is 2.80. The van der Waals surface area contributed by atoms with Gasteiger partial charge in [0.25, 0.3) is 0 Å². The summed E-state index contributed by atoms with van der Waals surface area (Å²) in [6.45, 7) is 2.29. The molecular formula is C17H25NO3. The third-order valence-corrected chi connectivity index (χ3v) is 3.36. The molecule has 0 aliphatic rings. The Hall–Kier alpha value is -1.84. The average molecular weight is 291 g/mol. The molecule has 1 N–H and O–H groups in total. The van der Waals surface area contributed by atoms with Crippen LogP contribution < -0.4 is 5.32 Å². The number of aryl methyl sites for hydroxylation is 2. The van der Waals surface area contributed by atoms with Crippen LogP contribution in [-0.4, -0.2) is 25.5 Å². The molecule has 21 heavy (non-hydrogen) atoms. The maximum atomic E-state index is 11.0. The van der Waals surface area contributed by atoms with Gasteiger partial charge < -0.3 is 10.1 Å². The van der Waals surface area contributed by atoms with Crippen molar-refractivity contribution in [3.05, 3.63) is 35.4 Å². The van der Waals surface area contributed by atoms with Crippen LogP contribution in [0.1, 0.15) is 43.7 Å². The molecule has 1 aromatic rings. The van der Waals surface area contributed by atoms with Crippen LogP contribution in [0.3, 0.4) is 0 Å².